The molecule has 0 aliphatic carbocycles. The molecule has 1 N–H and O–H groups in total. The zero-order chi connectivity index (χ0) is 12.4. The molecule has 0 aromatic heterocycles. The van der Waals surface area contributed by atoms with Crippen molar-refractivity contribution in [1.29, 1.82) is 0 Å². The number of rotatable bonds is 2. The van der Waals surface area contributed by atoms with Gasteiger partial charge in [0.25, 0.3) is 0 Å². The largest absolute Gasteiger partial charge is 0.478 e. The number of benzene rings is 2. The Morgan fingerprint density at radius 3 is 2.53 bits per heavy atom. The van der Waals surface area contributed by atoms with Gasteiger partial charge in [-0.15, -0.1) is 0 Å². The lowest BCUT2D eigenvalue weighted by molar-refractivity contribution is 0.0697. The van der Waals surface area contributed by atoms with Gasteiger partial charge in [0.05, 0.1) is 5.56 Å². The number of aromatic carboxylic acids is 1. The van der Waals surface area contributed by atoms with E-state index in [0.29, 0.717) is 5.02 Å². The standard InChI is InChI=1S/C13H8BrClO2/c14-10-3-1-2-8(6-10)11-5-4-9(13(16)17)7-12(11)15/h1-7H,(H,16,17). The van der Waals surface area contributed by atoms with Crippen molar-refractivity contribution in [3.8, 4) is 11.1 Å². The normalized spacial score (nSPS) is 10.2. The van der Waals surface area contributed by atoms with Crippen molar-refractivity contribution in [1.82, 2.24) is 0 Å². The second kappa shape index (κ2) is 4.90. The van der Waals surface area contributed by atoms with Crippen LogP contribution in [0.2, 0.25) is 5.02 Å². The zero-order valence-electron chi connectivity index (χ0n) is 8.65. The van der Waals surface area contributed by atoms with E-state index in [-0.39, 0.29) is 5.56 Å². The Hall–Kier alpha value is -1.32. The van der Waals surface area contributed by atoms with E-state index in [2.05, 4.69) is 15.9 Å². The lowest BCUT2D eigenvalue weighted by Crippen LogP contribution is -1.95. The van der Waals surface area contributed by atoms with Gasteiger partial charge in [0.2, 0.25) is 0 Å². The summed E-state index contributed by atoms with van der Waals surface area (Å²) >= 11 is 9.47. The molecule has 0 amide bonds. The van der Waals surface area contributed by atoms with Gasteiger partial charge in [0.15, 0.2) is 0 Å². The highest BCUT2D eigenvalue weighted by Crippen LogP contribution is 2.30. The van der Waals surface area contributed by atoms with Crippen molar-refractivity contribution in [3.63, 3.8) is 0 Å². The van der Waals surface area contributed by atoms with Gasteiger partial charge in [-0.3, -0.25) is 0 Å². The lowest BCUT2D eigenvalue weighted by atomic mass is 10.0. The minimum Gasteiger partial charge on any atom is -0.478 e. The highest BCUT2D eigenvalue weighted by Gasteiger charge is 2.08. The van der Waals surface area contributed by atoms with Crippen molar-refractivity contribution in [2.75, 3.05) is 0 Å². The molecule has 0 atom stereocenters. The van der Waals surface area contributed by atoms with E-state index in [4.69, 9.17) is 16.7 Å². The highest BCUT2D eigenvalue weighted by atomic mass is 79.9. The number of hydrogen-bond donors (Lipinski definition) is 1. The Labute approximate surface area is 112 Å². The van der Waals surface area contributed by atoms with Crippen molar-refractivity contribution in [2.24, 2.45) is 0 Å². The van der Waals surface area contributed by atoms with Gasteiger partial charge in [0, 0.05) is 15.1 Å². The first-order chi connectivity index (χ1) is 8.08. The molecule has 0 fully saturated rings. The maximum absolute atomic E-state index is 10.8. The SMILES string of the molecule is O=C(O)c1ccc(-c2cccc(Br)c2)c(Cl)c1. The summed E-state index contributed by atoms with van der Waals surface area (Å²) in [5.41, 5.74) is 1.95. The minimum absolute atomic E-state index is 0.189. The predicted octanol–water partition coefficient (Wildman–Crippen LogP) is 4.47. The first-order valence-corrected chi connectivity index (χ1v) is 6.04. The molecule has 2 aromatic rings. The van der Waals surface area contributed by atoms with Crippen molar-refractivity contribution in [3.05, 3.63) is 57.5 Å². The first kappa shape index (κ1) is 12.1. The van der Waals surface area contributed by atoms with Crippen LogP contribution in [0, 0.1) is 0 Å². The van der Waals surface area contributed by atoms with Gasteiger partial charge < -0.3 is 5.11 Å². The monoisotopic (exact) mass is 310 g/mol. The van der Waals surface area contributed by atoms with Crippen LogP contribution in [0.5, 0.6) is 0 Å². The molecule has 0 bridgehead atoms. The molecule has 0 unspecified atom stereocenters. The number of hydrogen-bond acceptors (Lipinski definition) is 1. The Balaban J connectivity index is 2.50. The maximum Gasteiger partial charge on any atom is 0.335 e. The van der Waals surface area contributed by atoms with Gasteiger partial charge in [0.1, 0.15) is 0 Å². The number of carbonyl (C=O) groups is 1. The predicted molar refractivity (Wildman–Crippen MR) is 71.5 cm³/mol. The Morgan fingerprint density at radius 2 is 1.94 bits per heavy atom. The molecule has 0 aliphatic heterocycles. The van der Waals surface area contributed by atoms with Crippen LogP contribution in [0.15, 0.2) is 46.9 Å². The summed E-state index contributed by atoms with van der Waals surface area (Å²) in [5.74, 6) is -0.979. The summed E-state index contributed by atoms with van der Waals surface area (Å²) in [5, 5.41) is 9.28. The van der Waals surface area contributed by atoms with Gasteiger partial charge >= 0.3 is 5.97 Å². The molecule has 0 aliphatic rings. The molecule has 0 spiro atoms. The van der Waals surface area contributed by atoms with E-state index in [1.54, 1.807) is 12.1 Å². The molecule has 2 nitrogen and oxygen atoms in total. The average Bonchev–Trinajstić information content (AvgIpc) is 2.28. The molecule has 4 heteroatoms. The molecular weight excluding hydrogens is 303 g/mol. The smallest absolute Gasteiger partial charge is 0.335 e. The second-order valence-electron chi connectivity index (χ2n) is 3.51. The number of carboxylic acid groups (broad SMARTS) is 1. The summed E-state index contributed by atoms with van der Waals surface area (Å²) in [6, 6.07) is 12.4. The number of carboxylic acids is 1. The molecule has 0 heterocycles. The molecule has 2 rings (SSSR count). The third-order valence-electron chi connectivity index (χ3n) is 2.35. The van der Waals surface area contributed by atoms with Crippen LogP contribution in [-0.2, 0) is 0 Å². The maximum atomic E-state index is 10.8. The van der Waals surface area contributed by atoms with E-state index in [1.807, 2.05) is 24.3 Å². The minimum atomic E-state index is -0.979. The fourth-order valence-electron chi connectivity index (χ4n) is 1.54. The van der Waals surface area contributed by atoms with Gasteiger partial charge in [-0.2, -0.15) is 0 Å². The lowest BCUT2D eigenvalue weighted by Gasteiger charge is -2.06. The highest BCUT2D eigenvalue weighted by molar-refractivity contribution is 9.10. The van der Waals surface area contributed by atoms with Gasteiger partial charge in [-0.1, -0.05) is 45.7 Å². The molecule has 17 heavy (non-hydrogen) atoms. The summed E-state index contributed by atoms with van der Waals surface area (Å²) in [7, 11) is 0. The Kier molecular flexibility index (Phi) is 3.50. The first-order valence-electron chi connectivity index (χ1n) is 4.87. The van der Waals surface area contributed by atoms with Gasteiger partial charge in [-0.25, -0.2) is 4.79 Å². The van der Waals surface area contributed by atoms with E-state index < -0.39 is 5.97 Å². The molecular formula is C13H8BrClO2. The third-order valence-corrected chi connectivity index (χ3v) is 3.16. The van der Waals surface area contributed by atoms with Crippen LogP contribution in [0.1, 0.15) is 10.4 Å². The van der Waals surface area contributed by atoms with Crippen LogP contribution < -0.4 is 0 Å². The summed E-state index contributed by atoms with van der Waals surface area (Å²) < 4.78 is 0.952. The van der Waals surface area contributed by atoms with Crippen molar-refractivity contribution in [2.45, 2.75) is 0 Å². The topological polar surface area (TPSA) is 37.3 Å². The second-order valence-corrected chi connectivity index (χ2v) is 4.83. The van der Waals surface area contributed by atoms with Gasteiger partial charge in [-0.05, 0) is 29.8 Å². The van der Waals surface area contributed by atoms with Crippen molar-refractivity contribution < 1.29 is 9.90 Å². The van der Waals surface area contributed by atoms with Crippen LogP contribution in [0.4, 0.5) is 0 Å². The van der Waals surface area contributed by atoms with E-state index in [9.17, 15) is 4.79 Å². The average molecular weight is 312 g/mol. The van der Waals surface area contributed by atoms with Crippen LogP contribution in [0.3, 0.4) is 0 Å². The molecule has 2 aromatic carbocycles. The van der Waals surface area contributed by atoms with E-state index >= 15 is 0 Å². The Morgan fingerprint density at radius 1 is 1.18 bits per heavy atom. The van der Waals surface area contributed by atoms with Crippen LogP contribution >= 0.6 is 27.5 Å². The summed E-state index contributed by atoms with van der Waals surface area (Å²) in [6.07, 6.45) is 0. The van der Waals surface area contributed by atoms with Crippen LogP contribution in [0.25, 0.3) is 11.1 Å². The van der Waals surface area contributed by atoms with E-state index in [1.165, 1.54) is 6.07 Å². The molecule has 0 saturated carbocycles. The molecule has 0 saturated heterocycles. The third kappa shape index (κ3) is 2.68. The fourth-order valence-corrected chi connectivity index (χ4v) is 2.23. The zero-order valence-corrected chi connectivity index (χ0v) is 11.0. The fraction of sp³-hybridized carbons (Fsp3) is 0. The molecule has 86 valence electrons. The number of halogens is 2. The quantitative estimate of drug-likeness (QED) is 0.888. The molecule has 0 radical (unpaired) electrons. The van der Waals surface area contributed by atoms with Crippen LogP contribution in [-0.4, -0.2) is 11.1 Å². The Bertz CT molecular complexity index is 581. The van der Waals surface area contributed by atoms with E-state index in [0.717, 1.165) is 15.6 Å². The van der Waals surface area contributed by atoms with Crippen molar-refractivity contribution >= 4 is 33.5 Å². The summed E-state index contributed by atoms with van der Waals surface area (Å²) in [6.45, 7) is 0. The summed E-state index contributed by atoms with van der Waals surface area (Å²) in [4.78, 5) is 10.8.